The molecule has 0 saturated carbocycles. The van der Waals surface area contributed by atoms with Crippen LogP contribution in [0.2, 0.25) is 5.02 Å². The molecule has 0 saturated heterocycles. The Labute approximate surface area is 179 Å². The SMILES string of the molecule is COc1ccc(Cl)cc1NC(=O)Nc1c(C)ccc2c1ccn2Cc1ccncc1. The van der Waals surface area contributed by atoms with Gasteiger partial charge in [-0.05, 0) is 60.5 Å². The number of ether oxygens (including phenoxy) is 1. The van der Waals surface area contributed by atoms with E-state index < -0.39 is 0 Å². The predicted octanol–water partition coefficient (Wildman–Crippen LogP) is 5.70. The monoisotopic (exact) mass is 420 g/mol. The first-order valence-electron chi connectivity index (χ1n) is 9.44. The summed E-state index contributed by atoms with van der Waals surface area (Å²) < 4.78 is 7.44. The Hall–Kier alpha value is -3.51. The van der Waals surface area contributed by atoms with Crippen LogP contribution < -0.4 is 15.4 Å². The number of carbonyl (C=O) groups excluding carboxylic acids is 1. The number of urea groups is 1. The van der Waals surface area contributed by atoms with Gasteiger partial charge in [-0.1, -0.05) is 17.7 Å². The molecule has 2 aromatic heterocycles. The van der Waals surface area contributed by atoms with Crippen molar-refractivity contribution in [1.29, 1.82) is 0 Å². The molecule has 2 N–H and O–H groups in total. The van der Waals surface area contributed by atoms with E-state index in [1.165, 1.54) is 0 Å². The third-order valence-corrected chi connectivity index (χ3v) is 5.15. The molecule has 0 aliphatic rings. The number of amides is 2. The number of pyridine rings is 1. The summed E-state index contributed by atoms with van der Waals surface area (Å²) in [6.45, 7) is 2.69. The highest BCUT2D eigenvalue weighted by atomic mass is 35.5. The highest BCUT2D eigenvalue weighted by Crippen LogP contribution is 2.30. The maximum Gasteiger partial charge on any atom is 0.323 e. The second-order valence-electron chi connectivity index (χ2n) is 6.91. The number of nitrogens with zero attached hydrogens (tertiary/aromatic N) is 2. The van der Waals surface area contributed by atoms with Crippen LogP contribution in [0.3, 0.4) is 0 Å². The van der Waals surface area contributed by atoms with E-state index in [-0.39, 0.29) is 6.03 Å². The van der Waals surface area contributed by atoms with Gasteiger partial charge >= 0.3 is 6.03 Å². The average molecular weight is 421 g/mol. The molecule has 6 nitrogen and oxygen atoms in total. The molecule has 0 spiro atoms. The fourth-order valence-corrected chi connectivity index (χ4v) is 3.59. The van der Waals surface area contributed by atoms with Crippen molar-refractivity contribution >= 4 is 39.9 Å². The van der Waals surface area contributed by atoms with E-state index >= 15 is 0 Å². The molecule has 0 fully saturated rings. The number of benzene rings is 2. The highest BCUT2D eigenvalue weighted by Gasteiger charge is 2.14. The number of aryl methyl sites for hydroxylation is 1. The van der Waals surface area contributed by atoms with Gasteiger partial charge in [0.25, 0.3) is 0 Å². The van der Waals surface area contributed by atoms with E-state index in [9.17, 15) is 4.79 Å². The first-order valence-corrected chi connectivity index (χ1v) is 9.82. The minimum Gasteiger partial charge on any atom is -0.495 e. The molecule has 0 bridgehead atoms. The van der Waals surface area contributed by atoms with Crippen molar-refractivity contribution in [2.75, 3.05) is 17.7 Å². The standard InChI is InChI=1S/C23H21ClN4O2/c1-15-3-5-20-18(9-12-28(20)14-16-7-10-25-11-8-16)22(15)27-23(29)26-19-13-17(24)4-6-21(19)30-2/h3-13H,14H2,1-2H3,(H2,26,27,29). The molecule has 4 aromatic rings. The molecule has 7 heteroatoms. The summed E-state index contributed by atoms with van der Waals surface area (Å²) in [5.41, 5.74) is 4.43. The lowest BCUT2D eigenvalue weighted by molar-refractivity contribution is 0.262. The normalized spacial score (nSPS) is 10.8. The van der Waals surface area contributed by atoms with Gasteiger partial charge in [-0.25, -0.2) is 4.79 Å². The molecule has 0 aliphatic carbocycles. The van der Waals surface area contributed by atoms with E-state index in [0.29, 0.717) is 16.5 Å². The number of nitrogens with one attached hydrogen (secondary N) is 2. The molecular weight excluding hydrogens is 400 g/mol. The lowest BCUT2D eigenvalue weighted by atomic mass is 10.1. The quantitative estimate of drug-likeness (QED) is 0.435. The number of carbonyl (C=O) groups is 1. The Balaban J connectivity index is 1.60. The second kappa shape index (κ2) is 8.47. The van der Waals surface area contributed by atoms with E-state index in [4.69, 9.17) is 16.3 Å². The predicted molar refractivity (Wildman–Crippen MR) is 121 cm³/mol. The van der Waals surface area contributed by atoms with Crippen LogP contribution in [0.4, 0.5) is 16.2 Å². The van der Waals surface area contributed by atoms with Gasteiger partial charge in [0.05, 0.1) is 24.0 Å². The van der Waals surface area contributed by atoms with E-state index in [1.807, 2.05) is 37.4 Å². The largest absolute Gasteiger partial charge is 0.495 e. The summed E-state index contributed by atoms with van der Waals surface area (Å²) in [4.78, 5) is 16.8. The lowest BCUT2D eigenvalue weighted by Gasteiger charge is -2.14. The summed E-state index contributed by atoms with van der Waals surface area (Å²) in [6.07, 6.45) is 5.59. The van der Waals surface area contributed by atoms with Crippen molar-refractivity contribution in [3.8, 4) is 5.75 Å². The topological polar surface area (TPSA) is 68.2 Å². The first kappa shape index (κ1) is 19.8. The van der Waals surface area contributed by atoms with Crippen molar-refractivity contribution in [1.82, 2.24) is 9.55 Å². The van der Waals surface area contributed by atoms with Crippen LogP contribution in [0, 0.1) is 6.92 Å². The molecule has 4 rings (SSSR count). The van der Waals surface area contributed by atoms with Gasteiger partial charge in [-0.2, -0.15) is 0 Å². The van der Waals surface area contributed by atoms with Gasteiger partial charge in [0.1, 0.15) is 5.75 Å². The molecular formula is C23H21ClN4O2. The van der Waals surface area contributed by atoms with Gasteiger partial charge < -0.3 is 19.9 Å². The third kappa shape index (κ3) is 4.09. The van der Waals surface area contributed by atoms with Crippen LogP contribution in [0.25, 0.3) is 10.9 Å². The van der Waals surface area contributed by atoms with Crippen molar-refractivity contribution in [2.45, 2.75) is 13.5 Å². The number of hydrogen-bond donors (Lipinski definition) is 2. The molecule has 0 atom stereocenters. The number of aromatic nitrogens is 2. The van der Waals surface area contributed by atoms with Crippen molar-refractivity contribution in [3.05, 3.63) is 83.3 Å². The maximum atomic E-state index is 12.7. The number of rotatable bonds is 5. The number of methoxy groups -OCH3 is 1. The number of anilines is 2. The maximum absolute atomic E-state index is 12.7. The van der Waals surface area contributed by atoms with Crippen molar-refractivity contribution in [2.24, 2.45) is 0 Å². The van der Waals surface area contributed by atoms with Crippen LogP contribution in [0.1, 0.15) is 11.1 Å². The molecule has 0 unspecified atom stereocenters. The Kier molecular flexibility index (Phi) is 5.59. The number of halogens is 1. The Morgan fingerprint density at radius 3 is 2.67 bits per heavy atom. The van der Waals surface area contributed by atoms with Crippen LogP contribution in [-0.2, 0) is 6.54 Å². The number of fused-ring (bicyclic) bond motifs is 1. The highest BCUT2D eigenvalue weighted by molar-refractivity contribution is 6.31. The third-order valence-electron chi connectivity index (χ3n) is 4.91. The summed E-state index contributed by atoms with van der Waals surface area (Å²) in [6, 6.07) is 14.8. The molecule has 2 amide bonds. The van der Waals surface area contributed by atoms with E-state index in [0.717, 1.165) is 34.3 Å². The summed E-state index contributed by atoms with van der Waals surface area (Å²) in [5, 5.41) is 7.28. The number of hydrogen-bond acceptors (Lipinski definition) is 3. The zero-order valence-corrected chi connectivity index (χ0v) is 17.4. The van der Waals surface area contributed by atoms with Crippen LogP contribution >= 0.6 is 11.6 Å². The lowest BCUT2D eigenvalue weighted by Crippen LogP contribution is -2.20. The second-order valence-corrected chi connectivity index (χ2v) is 7.35. The van der Waals surface area contributed by atoms with Gasteiger partial charge in [-0.15, -0.1) is 0 Å². The zero-order valence-electron chi connectivity index (χ0n) is 16.6. The molecule has 2 aromatic carbocycles. The zero-order chi connectivity index (χ0) is 21.1. The Bertz CT molecular complexity index is 1200. The molecule has 0 aliphatic heterocycles. The van der Waals surface area contributed by atoms with Crippen molar-refractivity contribution in [3.63, 3.8) is 0 Å². The Morgan fingerprint density at radius 1 is 1.10 bits per heavy atom. The van der Waals surface area contributed by atoms with Gasteiger partial charge in [0, 0.05) is 35.5 Å². The van der Waals surface area contributed by atoms with Crippen molar-refractivity contribution < 1.29 is 9.53 Å². The minimum atomic E-state index is -0.368. The fourth-order valence-electron chi connectivity index (χ4n) is 3.42. The van der Waals surface area contributed by atoms with Crippen LogP contribution in [0.5, 0.6) is 5.75 Å². The minimum absolute atomic E-state index is 0.368. The summed E-state index contributed by atoms with van der Waals surface area (Å²) >= 11 is 6.06. The summed E-state index contributed by atoms with van der Waals surface area (Å²) in [7, 11) is 1.54. The average Bonchev–Trinajstić information content (AvgIpc) is 3.14. The molecule has 0 radical (unpaired) electrons. The smallest absolute Gasteiger partial charge is 0.323 e. The van der Waals surface area contributed by atoms with Crippen LogP contribution in [-0.4, -0.2) is 22.7 Å². The van der Waals surface area contributed by atoms with Crippen LogP contribution in [0.15, 0.2) is 67.1 Å². The van der Waals surface area contributed by atoms with E-state index in [2.05, 4.69) is 26.3 Å². The Morgan fingerprint density at radius 2 is 1.90 bits per heavy atom. The van der Waals surface area contributed by atoms with Gasteiger partial charge in [0.2, 0.25) is 0 Å². The fraction of sp³-hybridized carbons (Fsp3) is 0.130. The van der Waals surface area contributed by atoms with Gasteiger partial charge in [-0.3, -0.25) is 4.98 Å². The molecule has 2 heterocycles. The molecule has 30 heavy (non-hydrogen) atoms. The summed E-state index contributed by atoms with van der Waals surface area (Å²) in [5.74, 6) is 0.535. The van der Waals surface area contributed by atoms with Gasteiger partial charge in [0.15, 0.2) is 0 Å². The first-order chi connectivity index (χ1) is 14.5. The molecule has 152 valence electrons. The van der Waals surface area contributed by atoms with E-state index in [1.54, 1.807) is 37.7 Å².